The van der Waals surface area contributed by atoms with Gasteiger partial charge in [-0.15, -0.1) is 0 Å². The molecule has 1 atom stereocenters. The van der Waals surface area contributed by atoms with Crippen LogP contribution in [0.1, 0.15) is 64.5 Å². The highest BCUT2D eigenvalue weighted by molar-refractivity contribution is 5.44. The van der Waals surface area contributed by atoms with Crippen molar-refractivity contribution in [1.29, 1.82) is 0 Å². The van der Waals surface area contributed by atoms with Crippen LogP contribution in [-0.2, 0) is 0 Å². The first-order chi connectivity index (χ1) is 10.00. The zero-order valence-corrected chi connectivity index (χ0v) is 13.4. The summed E-state index contributed by atoms with van der Waals surface area (Å²) < 4.78 is 6.10. The number of phenols is 1. The minimum atomic E-state index is -0.183. The van der Waals surface area contributed by atoms with Crippen molar-refractivity contribution in [3.05, 3.63) is 23.8 Å². The lowest BCUT2D eigenvalue weighted by Gasteiger charge is -2.44. The van der Waals surface area contributed by atoms with Crippen LogP contribution in [0, 0.1) is 0 Å². The van der Waals surface area contributed by atoms with Gasteiger partial charge in [0.15, 0.2) is 0 Å². The van der Waals surface area contributed by atoms with Crippen LogP contribution in [0.25, 0.3) is 0 Å². The Balaban J connectivity index is 1.97. The summed E-state index contributed by atoms with van der Waals surface area (Å²) in [6, 6.07) is 6.71. The Morgan fingerprint density at radius 3 is 2.67 bits per heavy atom. The van der Waals surface area contributed by atoms with E-state index in [1.165, 1.54) is 31.2 Å². The molecular weight excluding hydrogens is 262 g/mol. The standard InChI is InChI=1S/C18H27NO2/c1-4-19(13-7-5-6-8-13)16-12-18(2,3)21-17-11-14(20)9-10-15(16)17/h9-11,13,16,20H,4-8,12H2,1-3H3. The number of aromatic hydroxyl groups is 1. The molecule has 1 unspecified atom stereocenters. The highest BCUT2D eigenvalue weighted by Gasteiger charge is 2.39. The predicted molar refractivity (Wildman–Crippen MR) is 84.8 cm³/mol. The Labute approximate surface area is 127 Å². The molecule has 0 radical (unpaired) electrons. The molecule has 2 aliphatic rings. The summed E-state index contributed by atoms with van der Waals surface area (Å²) in [6.45, 7) is 7.64. The van der Waals surface area contributed by atoms with Crippen molar-refractivity contribution >= 4 is 0 Å². The van der Waals surface area contributed by atoms with Crippen molar-refractivity contribution in [2.75, 3.05) is 6.54 Å². The molecule has 1 aromatic rings. The molecule has 3 nitrogen and oxygen atoms in total. The van der Waals surface area contributed by atoms with Crippen molar-refractivity contribution < 1.29 is 9.84 Å². The summed E-state index contributed by atoms with van der Waals surface area (Å²) in [5, 5.41) is 9.76. The number of hydrogen-bond donors (Lipinski definition) is 1. The normalized spacial score (nSPS) is 24.9. The van der Waals surface area contributed by atoms with Crippen molar-refractivity contribution in [3.8, 4) is 11.5 Å². The molecular formula is C18H27NO2. The third-order valence-corrected chi connectivity index (χ3v) is 4.99. The second-order valence-electron chi connectivity index (χ2n) is 7.07. The van der Waals surface area contributed by atoms with Crippen LogP contribution in [0.5, 0.6) is 11.5 Å². The van der Waals surface area contributed by atoms with Gasteiger partial charge in [0.25, 0.3) is 0 Å². The van der Waals surface area contributed by atoms with Gasteiger partial charge in [-0.1, -0.05) is 25.8 Å². The molecule has 0 spiro atoms. The number of phenolic OH excluding ortho intramolecular Hbond substituents is 1. The van der Waals surface area contributed by atoms with E-state index in [2.05, 4.69) is 25.7 Å². The lowest BCUT2D eigenvalue weighted by molar-refractivity contribution is 0.0170. The van der Waals surface area contributed by atoms with E-state index in [0.717, 1.165) is 18.7 Å². The Morgan fingerprint density at radius 2 is 2.00 bits per heavy atom. The Bertz CT molecular complexity index is 506. The topological polar surface area (TPSA) is 32.7 Å². The lowest BCUT2D eigenvalue weighted by Crippen LogP contribution is -2.44. The molecule has 1 heterocycles. The van der Waals surface area contributed by atoms with Crippen LogP contribution < -0.4 is 4.74 Å². The molecule has 0 saturated heterocycles. The minimum Gasteiger partial charge on any atom is -0.508 e. The second kappa shape index (κ2) is 5.53. The van der Waals surface area contributed by atoms with E-state index in [0.29, 0.717) is 12.1 Å². The molecule has 0 aromatic heterocycles. The molecule has 1 N–H and O–H groups in total. The Hall–Kier alpha value is -1.22. The van der Waals surface area contributed by atoms with Crippen LogP contribution in [0.2, 0.25) is 0 Å². The zero-order chi connectivity index (χ0) is 15.0. The van der Waals surface area contributed by atoms with Crippen LogP contribution in [0.3, 0.4) is 0 Å². The summed E-state index contributed by atoms with van der Waals surface area (Å²) >= 11 is 0. The highest BCUT2D eigenvalue weighted by Crippen LogP contribution is 2.45. The maximum atomic E-state index is 9.76. The number of ether oxygens (including phenoxy) is 1. The first-order valence-electron chi connectivity index (χ1n) is 8.28. The van der Waals surface area contributed by atoms with E-state index in [9.17, 15) is 5.11 Å². The lowest BCUT2D eigenvalue weighted by atomic mass is 9.87. The monoisotopic (exact) mass is 289 g/mol. The van der Waals surface area contributed by atoms with Gasteiger partial charge >= 0.3 is 0 Å². The van der Waals surface area contributed by atoms with Crippen LogP contribution >= 0.6 is 0 Å². The van der Waals surface area contributed by atoms with Gasteiger partial charge in [0, 0.05) is 30.1 Å². The highest BCUT2D eigenvalue weighted by atomic mass is 16.5. The van der Waals surface area contributed by atoms with Crippen LogP contribution in [0.15, 0.2) is 18.2 Å². The number of nitrogens with zero attached hydrogens (tertiary/aromatic N) is 1. The first kappa shape index (κ1) is 14.7. The fourth-order valence-corrected chi connectivity index (χ4v) is 4.07. The average molecular weight is 289 g/mol. The van der Waals surface area contributed by atoms with E-state index >= 15 is 0 Å². The van der Waals surface area contributed by atoms with E-state index < -0.39 is 0 Å². The summed E-state index contributed by atoms with van der Waals surface area (Å²) in [5.41, 5.74) is 1.05. The zero-order valence-electron chi connectivity index (χ0n) is 13.4. The second-order valence-corrected chi connectivity index (χ2v) is 7.07. The third-order valence-electron chi connectivity index (χ3n) is 4.99. The number of hydrogen-bond acceptors (Lipinski definition) is 3. The molecule has 116 valence electrons. The quantitative estimate of drug-likeness (QED) is 0.902. The summed E-state index contributed by atoms with van der Waals surface area (Å²) in [5.74, 6) is 1.14. The van der Waals surface area contributed by atoms with E-state index in [-0.39, 0.29) is 11.4 Å². The van der Waals surface area contributed by atoms with Crippen molar-refractivity contribution in [3.63, 3.8) is 0 Å². The molecule has 1 aliphatic heterocycles. The van der Waals surface area contributed by atoms with Gasteiger partial charge in [-0.2, -0.15) is 0 Å². The number of rotatable bonds is 3. The summed E-state index contributed by atoms with van der Waals surface area (Å²) in [7, 11) is 0. The van der Waals surface area contributed by atoms with Crippen molar-refractivity contribution in [2.45, 2.75) is 70.6 Å². The Kier molecular flexibility index (Phi) is 3.87. The molecule has 0 bridgehead atoms. The minimum absolute atomic E-state index is 0.183. The summed E-state index contributed by atoms with van der Waals surface area (Å²) in [4.78, 5) is 2.66. The molecule has 1 aliphatic carbocycles. The van der Waals surface area contributed by atoms with E-state index in [4.69, 9.17) is 4.74 Å². The van der Waals surface area contributed by atoms with Gasteiger partial charge in [0.05, 0.1) is 0 Å². The van der Waals surface area contributed by atoms with Gasteiger partial charge in [-0.25, -0.2) is 0 Å². The third kappa shape index (κ3) is 2.89. The van der Waals surface area contributed by atoms with Crippen LogP contribution in [-0.4, -0.2) is 28.2 Å². The molecule has 1 aromatic carbocycles. The number of fused-ring (bicyclic) bond motifs is 1. The average Bonchev–Trinajstić information content (AvgIpc) is 2.91. The molecule has 3 heteroatoms. The number of benzene rings is 1. The largest absolute Gasteiger partial charge is 0.508 e. The SMILES string of the molecule is CCN(C1CCCC1)C1CC(C)(C)Oc2cc(O)ccc21. The smallest absolute Gasteiger partial charge is 0.128 e. The van der Waals surface area contributed by atoms with Crippen molar-refractivity contribution in [1.82, 2.24) is 4.90 Å². The summed E-state index contributed by atoms with van der Waals surface area (Å²) in [6.07, 6.45) is 6.36. The van der Waals surface area contributed by atoms with Gasteiger partial charge in [0.2, 0.25) is 0 Å². The fourth-order valence-electron chi connectivity index (χ4n) is 4.07. The van der Waals surface area contributed by atoms with Crippen molar-refractivity contribution in [2.24, 2.45) is 0 Å². The molecule has 0 amide bonds. The van der Waals surface area contributed by atoms with E-state index in [1.54, 1.807) is 12.1 Å². The maximum absolute atomic E-state index is 9.76. The molecule has 1 saturated carbocycles. The van der Waals surface area contributed by atoms with Crippen LogP contribution in [0.4, 0.5) is 0 Å². The van der Waals surface area contributed by atoms with Gasteiger partial charge in [-0.05, 0) is 39.3 Å². The predicted octanol–water partition coefficient (Wildman–Crippen LogP) is 4.26. The Morgan fingerprint density at radius 1 is 1.29 bits per heavy atom. The molecule has 1 fully saturated rings. The maximum Gasteiger partial charge on any atom is 0.128 e. The van der Waals surface area contributed by atoms with Gasteiger partial charge in [0.1, 0.15) is 17.1 Å². The molecule has 3 rings (SSSR count). The van der Waals surface area contributed by atoms with Gasteiger partial charge < -0.3 is 9.84 Å². The fraction of sp³-hybridized carbons (Fsp3) is 0.667. The molecule has 21 heavy (non-hydrogen) atoms. The van der Waals surface area contributed by atoms with Gasteiger partial charge in [-0.3, -0.25) is 4.90 Å². The van der Waals surface area contributed by atoms with E-state index in [1.807, 2.05) is 6.07 Å². The first-order valence-corrected chi connectivity index (χ1v) is 8.28.